The average molecular weight is 460 g/mol. The highest BCUT2D eigenvalue weighted by Gasteiger charge is 2.47. The van der Waals surface area contributed by atoms with Gasteiger partial charge in [-0.2, -0.15) is 0 Å². The first-order valence-electron chi connectivity index (χ1n) is 11.1. The third-order valence-electron chi connectivity index (χ3n) is 6.67. The van der Waals surface area contributed by atoms with Gasteiger partial charge in [0.25, 0.3) is 0 Å². The maximum Gasteiger partial charge on any atom is 0.339 e. The lowest BCUT2D eigenvalue weighted by atomic mass is 9.85. The van der Waals surface area contributed by atoms with Crippen LogP contribution in [0.5, 0.6) is 0 Å². The van der Waals surface area contributed by atoms with Gasteiger partial charge in [0.05, 0.1) is 5.56 Å². The lowest BCUT2D eigenvalue weighted by Gasteiger charge is -2.39. The number of fused-ring (bicyclic) bond motifs is 5. The van der Waals surface area contributed by atoms with Gasteiger partial charge in [0.1, 0.15) is 17.3 Å². The van der Waals surface area contributed by atoms with Crippen molar-refractivity contribution in [3.63, 3.8) is 0 Å². The van der Waals surface area contributed by atoms with Gasteiger partial charge < -0.3 is 15.0 Å². The van der Waals surface area contributed by atoms with Crippen LogP contribution in [0.4, 0.5) is 5.82 Å². The maximum absolute atomic E-state index is 12.3. The molecule has 5 heterocycles. The Bertz CT molecular complexity index is 1250. The number of hydrogen-bond donors (Lipinski definition) is 1. The number of hydrogen-bond acceptors (Lipinski definition) is 7. The summed E-state index contributed by atoms with van der Waals surface area (Å²) < 4.78 is 5.83. The molecular formula is C25H22ClN5O2. The quantitative estimate of drug-likeness (QED) is 0.679. The molecule has 4 aliphatic rings. The van der Waals surface area contributed by atoms with Crippen molar-refractivity contribution in [2.24, 2.45) is 4.99 Å². The van der Waals surface area contributed by atoms with Crippen LogP contribution < -0.4 is 10.2 Å². The number of nitrogens with one attached hydrogen (secondary N) is 1. The lowest BCUT2D eigenvalue weighted by molar-refractivity contribution is -0.0212. The van der Waals surface area contributed by atoms with Crippen LogP contribution in [0.2, 0.25) is 0 Å². The number of piperidine rings is 1. The molecule has 0 saturated carbocycles. The predicted molar refractivity (Wildman–Crippen MR) is 126 cm³/mol. The number of amidine groups is 1. The van der Waals surface area contributed by atoms with Gasteiger partial charge in [-0.3, -0.25) is 4.98 Å². The summed E-state index contributed by atoms with van der Waals surface area (Å²) in [7, 11) is 0. The van der Waals surface area contributed by atoms with Gasteiger partial charge in [-0.25, -0.2) is 14.8 Å². The van der Waals surface area contributed by atoms with E-state index in [1.165, 1.54) is 0 Å². The molecule has 0 atom stereocenters. The minimum absolute atomic E-state index is 0.248. The Labute approximate surface area is 196 Å². The van der Waals surface area contributed by atoms with E-state index in [9.17, 15) is 4.79 Å². The SMILES string of the molecule is O=C1OC2(CCN(c3ccc(C4=NC5=CC=C(Cl)C=C(CC5)N4)cn3)CC2)c2cnccc21. The summed E-state index contributed by atoms with van der Waals surface area (Å²) >= 11 is 6.24. The van der Waals surface area contributed by atoms with Gasteiger partial charge in [-0.05, 0) is 49.3 Å². The first-order valence-corrected chi connectivity index (χ1v) is 11.5. The minimum atomic E-state index is -0.566. The summed E-state index contributed by atoms with van der Waals surface area (Å²) in [4.78, 5) is 28.3. The number of carbonyl (C=O) groups is 1. The smallest absolute Gasteiger partial charge is 0.339 e. The average Bonchev–Trinajstić information content (AvgIpc) is 2.99. The summed E-state index contributed by atoms with van der Waals surface area (Å²) in [6, 6.07) is 5.81. The molecule has 0 unspecified atom stereocenters. The molecule has 7 nitrogen and oxygen atoms in total. The molecule has 1 aliphatic carbocycles. The molecule has 6 rings (SSSR count). The molecule has 0 aromatic carbocycles. The molecule has 0 amide bonds. The molecule has 1 fully saturated rings. The number of pyridine rings is 2. The summed E-state index contributed by atoms with van der Waals surface area (Å²) in [5, 5.41) is 4.11. The molecule has 1 spiro atoms. The number of aliphatic imine (C=N–C) groups is 1. The first-order chi connectivity index (χ1) is 16.1. The second-order valence-electron chi connectivity index (χ2n) is 8.66. The van der Waals surface area contributed by atoms with Crippen molar-refractivity contribution in [1.29, 1.82) is 0 Å². The standard InChI is InChI=1S/C25H22ClN5O2/c26-17-2-3-18-4-5-19(13-17)30-23(29-18)16-1-6-22(28-14-16)31-11-8-25(9-12-31)21-15-27-10-7-20(21)24(32)33-25/h1-3,6-7,10,13-15H,4-5,8-9,11-12H2,(H,29,30). The Kier molecular flexibility index (Phi) is 4.80. The second-order valence-corrected chi connectivity index (χ2v) is 9.10. The fraction of sp³-hybridized carbons (Fsp3) is 0.280. The van der Waals surface area contributed by atoms with Crippen molar-refractivity contribution < 1.29 is 9.53 Å². The molecule has 2 bridgehead atoms. The number of aromatic nitrogens is 2. The van der Waals surface area contributed by atoms with Crippen molar-refractivity contribution in [2.45, 2.75) is 31.3 Å². The lowest BCUT2D eigenvalue weighted by Crippen LogP contribution is -2.43. The van der Waals surface area contributed by atoms with Crippen LogP contribution in [0.15, 0.2) is 76.4 Å². The fourth-order valence-electron chi connectivity index (χ4n) is 4.87. The van der Waals surface area contributed by atoms with E-state index >= 15 is 0 Å². The minimum Gasteiger partial charge on any atom is -0.450 e. The number of esters is 1. The van der Waals surface area contributed by atoms with E-state index in [1.54, 1.807) is 18.5 Å². The highest BCUT2D eigenvalue weighted by molar-refractivity contribution is 6.31. The molecular weight excluding hydrogens is 438 g/mol. The van der Waals surface area contributed by atoms with Crippen LogP contribution in [0.1, 0.15) is 47.2 Å². The van der Waals surface area contributed by atoms with E-state index in [4.69, 9.17) is 26.3 Å². The molecule has 2 aromatic heterocycles. The molecule has 1 saturated heterocycles. The summed E-state index contributed by atoms with van der Waals surface area (Å²) in [6.45, 7) is 1.49. The van der Waals surface area contributed by atoms with E-state index in [2.05, 4.69) is 15.2 Å². The van der Waals surface area contributed by atoms with Crippen molar-refractivity contribution >= 4 is 29.2 Å². The highest BCUT2D eigenvalue weighted by atomic mass is 35.5. The van der Waals surface area contributed by atoms with Crippen molar-refractivity contribution in [1.82, 2.24) is 15.3 Å². The zero-order valence-corrected chi connectivity index (χ0v) is 18.7. The summed E-state index contributed by atoms with van der Waals surface area (Å²) in [5.74, 6) is 1.43. The Hall–Kier alpha value is -3.45. The van der Waals surface area contributed by atoms with E-state index in [-0.39, 0.29) is 5.97 Å². The number of nitrogens with zero attached hydrogens (tertiary/aromatic N) is 4. The highest BCUT2D eigenvalue weighted by Crippen LogP contribution is 2.44. The topological polar surface area (TPSA) is 79.7 Å². The van der Waals surface area contributed by atoms with Crippen LogP contribution in [0.25, 0.3) is 0 Å². The molecule has 2 aromatic rings. The number of halogens is 1. The van der Waals surface area contributed by atoms with Gasteiger partial charge >= 0.3 is 5.97 Å². The summed E-state index contributed by atoms with van der Waals surface area (Å²) in [5.41, 5.74) is 3.95. The Morgan fingerprint density at radius 3 is 2.79 bits per heavy atom. The number of rotatable bonds is 2. The molecule has 1 N–H and O–H groups in total. The molecule has 8 heteroatoms. The Morgan fingerprint density at radius 2 is 1.97 bits per heavy atom. The largest absolute Gasteiger partial charge is 0.450 e. The first kappa shape index (κ1) is 20.2. The third-order valence-corrected chi connectivity index (χ3v) is 6.90. The zero-order valence-electron chi connectivity index (χ0n) is 17.9. The number of allylic oxidation sites excluding steroid dienone is 6. The van der Waals surface area contributed by atoms with Crippen LogP contribution in [-0.4, -0.2) is 34.9 Å². The Balaban J connectivity index is 1.19. The van der Waals surface area contributed by atoms with Gasteiger partial charge in [0.15, 0.2) is 0 Å². The fourth-order valence-corrected chi connectivity index (χ4v) is 5.06. The number of ether oxygens (including phenoxy) is 1. The van der Waals surface area contributed by atoms with Crippen LogP contribution >= 0.6 is 11.6 Å². The van der Waals surface area contributed by atoms with Crippen LogP contribution in [0, 0.1) is 0 Å². The molecule has 3 aliphatic heterocycles. The molecule has 33 heavy (non-hydrogen) atoms. The van der Waals surface area contributed by atoms with Gasteiger partial charge in [-0.15, -0.1) is 0 Å². The third kappa shape index (κ3) is 3.62. The van der Waals surface area contributed by atoms with Crippen molar-refractivity contribution in [3.8, 4) is 0 Å². The number of carbonyl (C=O) groups excluding carboxylic acids is 1. The molecule has 0 radical (unpaired) electrons. The van der Waals surface area contributed by atoms with Crippen molar-refractivity contribution in [2.75, 3.05) is 18.0 Å². The second kappa shape index (κ2) is 7.85. The summed E-state index contributed by atoms with van der Waals surface area (Å²) in [6.07, 6.45) is 14.2. The Morgan fingerprint density at radius 1 is 1.09 bits per heavy atom. The van der Waals surface area contributed by atoms with Gasteiger partial charge in [0.2, 0.25) is 0 Å². The van der Waals surface area contributed by atoms with E-state index in [1.807, 2.05) is 36.6 Å². The monoisotopic (exact) mass is 459 g/mol. The van der Waals surface area contributed by atoms with Gasteiger partial charge in [0, 0.05) is 72.1 Å². The van der Waals surface area contributed by atoms with Gasteiger partial charge in [-0.1, -0.05) is 11.6 Å². The van der Waals surface area contributed by atoms with Crippen LogP contribution in [-0.2, 0) is 10.3 Å². The van der Waals surface area contributed by atoms with E-state index in [0.29, 0.717) is 23.4 Å². The predicted octanol–water partition coefficient (Wildman–Crippen LogP) is 4.18. The molecule has 166 valence electrons. The number of anilines is 1. The van der Waals surface area contributed by atoms with E-state index < -0.39 is 5.60 Å². The normalized spacial score (nSPS) is 21.0. The van der Waals surface area contributed by atoms with E-state index in [0.717, 1.165) is 60.1 Å². The van der Waals surface area contributed by atoms with Crippen LogP contribution in [0.3, 0.4) is 0 Å². The van der Waals surface area contributed by atoms with Crippen molar-refractivity contribution in [3.05, 3.63) is 88.1 Å². The zero-order chi connectivity index (χ0) is 22.4. The maximum atomic E-state index is 12.3.